The van der Waals surface area contributed by atoms with Crippen LogP contribution in [0.25, 0.3) is 0 Å². The molecule has 0 radical (unpaired) electrons. The number of para-hydroxylation sites is 2. The van der Waals surface area contributed by atoms with Crippen LogP contribution >= 0.6 is 0 Å². The van der Waals surface area contributed by atoms with E-state index in [4.69, 9.17) is 5.26 Å². The highest BCUT2D eigenvalue weighted by Gasteiger charge is 2.17. The third kappa shape index (κ3) is 4.43. The molecule has 6 heteroatoms. The number of nitrogens with one attached hydrogen (secondary N) is 1. The summed E-state index contributed by atoms with van der Waals surface area (Å²) in [7, 11) is 0. The number of hydrogen-bond acceptors (Lipinski definition) is 4. The van der Waals surface area contributed by atoms with Crippen LogP contribution in [0, 0.1) is 22.7 Å². The van der Waals surface area contributed by atoms with Gasteiger partial charge in [-0.2, -0.15) is 10.5 Å². The molecule has 0 aliphatic rings. The first-order chi connectivity index (χ1) is 12.1. The van der Waals surface area contributed by atoms with Crippen LogP contribution in [-0.4, -0.2) is 18.4 Å². The van der Waals surface area contributed by atoms with E-state index in [1.54, 1.807) is 48.5 Å². The Hall–Kier alpha value is -3.64. The van der Waals surface area contributed by atoms with Crippen molar-refractivity contribution in [1.29, 1.82) is 10.5 Å². The quantitative estimate of drug-likeness (QED) is 0.910. The third-order valence-electron chi connectivity index (χ3n) is 3.58. The average molecular weight is 332 g/mol. The fourth-order valence-electron chi connectivity index (χ4n) is 2.37. The minimum atomic E-state index is -0.316. The Bertz CT molecular complexity index is 877. The predicted octanol–water partition coefficient (Wildman–Crippen LogP) is 2.81. The number of nitrogens with zero attached hydrogens (tertiary/aromatic N) is 3. The van der Waals surface area contributed by atoms with E-state index in [0.29, 0.717) is 22.5 Å². The molecule has 0 saturated carbocycles. The molecule has 0 unspecified atom stereocenters. The largest absolute Gasteiger partial charge is 0.325 e. The van der Waals surface area contributed by atoms with Crippen LogP contribution in [0.5, 0.6) is 0 Å². The number of amides is 2. The van der Waals surface area contributed by atoms with E-state index in [0.717, 1.165) is 0 Å². The zero-order chi connectivity index (χ0) is 18.2. The molecule has 2 aromatic carbocycles. The zero-order valence-corrected chi connectivity index (χ0v) is 13.7. The highest BCUT2D eigenvalue weighted by atomic mass is 16.2. The normalized spacial score (nSPS) is 9.56. The van der Waals surface area contributed by atoms with Crippen molar-refractivity contribution in [3.05, 3.63) is 59.7 Å². The summed E-state index contributed by atoms with van der Waals surface area (Å²) in [6.07, 6.45) is 0.0408. The summed E-state index contributed by atoms with van der Waals surface area (Å²) in [5.74, 6) is -0.573. The number of nitriles is 2. The number of hydrogen-bond donors (Lipinski definition) is 1. The molecule has 0 fully saturated rings. The molecule has 25 heavy (non-hydrogen) atoms. The maximum atomic E-state index is 12.2. The molecule has 124 valence electrons. The van der Waals surface area contributed by atoms with Gasteiger partial charge in [-0.05, 0) is 24.3 Å². The molecule has 0 saturated heterocycles. The SMILES string of the molecule is CC(=O)N(CCC(=O)Nc1ccccc1C#N)c1ccccc1C#N. The third-order valence-corrected chi connectivity index (χ3v) is 3.58. The molecule has 0 aromatic heterocycles. The molecular formula is C19H16N4O2. The lowest BCUT2D eigenvalue weighted by molar-refractivity contribution is -0.117. The van der Waals surface area contributed by atoms with E-state index >= 15 is 0 Å². The highest BCUT2D eigenvalue weighted by Crippen LogP contribution is 2.20. The van der Waals surface area contributed by atoms with Crippen LogP contribution in [0.1, 0.15) is 24.5 Å². The van der Waals surface area contributed by atoms with Crippen molar-refractivity contribution >= 4 is 23.2 Å². The molecule has 0 atom stereocenters. The number of anilines is 2. The Balaban J connectivity index is 2.09. The maximum Gasteiger partial charge on any atom is 0.226 e. The fraction of sp³-hybridized carbons (Fsp3) is 0.158. The molecule has 2 rings (SSSR count). The summed E-state index contributed by atoms with van der Waals surface area (Å²) < 4.78 is 0. The van der Waals surface area contributed by atoms with Crippen LogP contribution in [0.2, 0.25) is 0 Å². The lowest BCUT2D eigenvalue weighted by atomic mass is 10.1. The molecule has 0 aliphatic carbocycles. The second kappa shape index (κ2) is 8.28. The molecule has 2 amide bonds. The highest BCUT2D eigenvalue weighted by molar-refractivity contribution is 5.96. The Morgan fingerprint density at radius 2 is 1.60 bits per heavy atom. The summed E-state index contributed by atoms with van der Waals surface area (Å²) in [5.41, 5.74) is 1.64. The van der Waals surface area contributed by atoms with Crippen molar-refractivity contribution in [2.45, 2.75) is 13.3 Å². The molecule has 6 nitrogen and oxygen atoms in total. The number of carbonyl (C=O) groups excluding carboxylic acids is 2. The summed E-state index contributed by atoms with van der Waals surface area (Å²) in [5, 5.41) is 20.9. The van der Waals surface area contributed by atoms with E-state index in [9.17, 15) is 14.9 Å². The van der Waals surface area contributed by atoms with Crippen molar-refractivity contribution in [3.63, 3.8) is 0 Å². The van der Waals surface area contributed by atoms with Crippen LogP contribution in [0.3, 0.4) is 0 Å². The minimum absolute atomic E-state index is 0.0408. The van der Waals surface area contributed by atoms with Gasteiger partial charge >= 0.3 is 0 Å². The first-order valence-electron chi connectivity index (χ1n) is 7.63. The first-order valence-corrected chi connectivity index (χ1v) is 7.63. The van der Waals surface area contributed by atoms with Gasteiger partial charge in [-0.25, -0.2) is 0 Å². The second-order valence-electron chi connectivity index (χ2n) is 5.26. The monoisotopic (exact) mass is 332 g/mol. The summed E-state index contributed by atoms with van der Waals surface area (Å²) in [4.78, 5) is 25.5. The molecule has 2 aromatic rings. The summed E-state index contributed by atoms with van der Waals surface area (Å²) in [6.45, 7) is 1.52. The smallest absolute Gasteiger partial charge is 0.226 e. The van der Waals surface area contributed by atoms with Crippen LogP contribution in [0.4, 0.5) is 11.4 Å². The van der Waals surface area contributed by atoms with E-state index in [1.165, 1.54) is 11.8 Å². The van der Waals surface area contributed by atoms with Crippen molar-refractivity contribution in [2.24, 2.45) is 0 Å². The van der Waals surface area contributed by atoms with E-state index in [2.05, 4.69) is 5.32 Å². The predicted molar refractivity (Wildman–Crippen MR) is 93.6 cm³/mol. The van der Waals surface area contributed by atoms with Gasteiger partial charge in [0, 0.05) is 19.9 Å². The zero-order valence-electron chi connectivity index (χ0n) is 13.7. The summed E-state index contributed by atoms with van der Waals surface area (Å²) >= 11 is 0. The number of carbonyl (C=O) groups is 2. The lowest BCUT2D eigenvalue weighted by Crippen LogP contribution is -2.32. The van der Waals surface area contributed by atoms with Crippen LogP contribution in [-0.2, 0) is 9.59 Å². The van der Waals surface area contributed by atoms with E-state index < -0.39 is 0 Å². The molecule has 0 bridgehead atoms. The number of rotatable bonds is 5. The fourth-order valence-corrected chi connectivity index (χ4v) is 2.37. The lowest BCUT2D eigenvalue weighted by Gasteiger charge is -2.22. The Kier molecular flexibility index (Phi) is 5.86. The van der Waals surface area contributed by atoms with Gasteiger partial charge in [-0.15, -0.1) is 0 Å². The maximum absolute atomic E-state index is 12.2. The van der Waals surface area contributed by atoms with Gasteiger partial charge in [0.15, 0.2) is 0 Å². The topological polar surface area (TPSA) is 97.0 Å². The number of benzene rings is 2. The molecule has 1 N–H and O–H groups in total. The molecule has 0 spiro atoms. The van der Waals surface area contributed by atoms with Gasteiger partial charge in [0.05, 0.1) is 22.5 Å². The van der Waals surface area contributed by atoms with Gasteiger partial charge in [-0.3, -0.25) is 9.59 Å². The van der Waals surface area contributed by atoms with Gasteiger partial charge in [0.25, 0.3) is 0 Å². The molecule has 0 aliphatic heterocycles. The van der Waals surface area contributed by atoms with Crippen molar-refractivity contribution < 1.29 is 9.59 Å². The molecular weight excluding hydrogens is 316 g/mol. The van der Waals surface area contributed by atoms with Gasteiger partial charge < -0.3 is 10.2 Å². The Labute approximate surface area is 145 Å². The molecule has 0 heterocycles. The summed E-state index contributed by atoms with van der Waals surface area (Å²) in [6, 6.07) is 17.5. The van der Waals surface area contributed by atoms with Crippen LogP contribution in [0.15, 0.2) is 48.5 Å². The van der Waals surface area contributed by atoms with Gasteiger partial charge in [0.2, 0.25) is 11.8 Å². The van der Waals surface area contributed by atoms with E-state index in [-0.39, 0.29) is 24.8 Å². The van der Waals surface area contributed by atoms with Crippen LogP contribution < -0.4 is 10.2 Å². The van der Waals surface area contributed by atoms with Gasteiger partial charge in [0.1, 0.15) is 12.1 Å². The van der Waals surface area contributed by atoms with Crippen molar-refractivity contribution in [2.75, 3.05) is 16.8 Å². The van der Waals surface area contributed by atoms with Crippen molar-refractivity contribution in [3.8, 4) is 12.1 Å². The average Bonchev–Trinajstić information content (AvgIpc) is 2.62. The van der Waals surface area contributed by atoms with Gasteiger partial charge in [-0.1, -0.05) is 24.3 Å². The second-order valence-corrected chi connectivity index (χ2v) is 5.26. The Morgan fingerprint density at radius 3 is 2.24 bits per heavy atom. The Morgan fingerprint density at radius 1 is 1.00 bits per heavy atom. The van der Waals surface area contributed by atoms with Crippen molar-refractivity contribution in [1.82, 2.24) is 0 Å². The van der Waals surface area contributed by atoms with E-state index in [1.807, 2.05) is 12.1 Å². The first kappa shape index (κ1) is 17.7. The minimum Gasteiger partial charge on any atom is -0.325 e. The standard InChI is InChI=1S/C19H16N4O2/c1-14(24)23(18-9-5-3-7-16(18)13-21)11-10-19(25)22-17-8-4-2-6-15(17)12-20/h2-9H,10-11H2,1H3,(H,22,25).